The maximum absolute atomic E-state index is 12.1. The summed E-state index contributed by atoms with van der Waals surface area (Å²) in [4.78, 5) is 0.317. The number of hydrogen-bond acceptors (Lipinski definition) is 2. The molecule has 2 rings (SSSR count). The summed E-state index contributed by atoms with van der Waals surface area (Å²) < 4.78 is 27.1. The van der Waals surface area contributed by atoms with Gasteiger partial charge < -0.3 is 0 Å². The highest BCUT2D eigenvalue weighted by Gasteiger charge is 2.33. The lowest BCUT2D eigenvalue weighted by Crippen LogP contribution is -2.45. The van der Waals surface area contributed by atoms with Crippen molar-refractivity contribution in [1.29, 1.82) is 0 Å². The van der Waals surface area contributed by atoms with Gasteiger partial charge in [-0.15, -0.1) is 0 Å². The van der Waals surface area contributed by atoms with Crippen molar-refractivity contribution in [2.45, 2.75) is 67.5 Å². The van der Waals surface area contributed by atoms with Gasteiger partial charge in [0.05, 0.1) is 5.25 Å². The van der Waals surface area contributed by atoms with Crippen molar-refractivity contribution in [2.75, 3.05) is 0 Å². The van der Waals surface area contributed by atoms with Gasteiger partial charge in [-0.25, -0.2) is 13.1 Å². The Morgan fingerprint density at radius 2 is 1.50 bits per heavy atom. The van der Waals surface area contributed by atoms with Gasteiger partial charge >= 0.3 is 0 Å². The van der Waals surface area contributed by atoms with Gasteiger partial charge in [-0.05, 0) is 25.7 Å². The first-order valence-electron chi connectivity index (χ1n) is 6.25. The first-order valence-corrected chi connectivity index (χ1v) is 8.71. The van der Waals surface area contributed by atoms with E-state index in [1.165, 1.54) is 6.42 Å². The Bertz CT molecular complexity index is 325. The Morgan fingerprint density at radius 3 is 2.12 bits per heavy atom. The summed E-state index contributed by atoms with van der Waals surface area (Å²) in [7, 11) is -3.07. The highest BCUT2D eigenvalue weighted by atomic mass is 79.9. The average Bonchev–Trinajstić information content (AvgIpc) is 2.75. The second-order valence-corrected chi connectivity index (χ2v) is 8.14. The van der Waals surface area contributed by atoms with Crippen molar-refractivity contribution < 1.29 is 8.42 Å². The van der Waals surface area contributed by atoms with E-state index >= 15 is 0 Å². The summed E-state index contributed by atoms with van der Waals surface area (Å²) >= 11 is 3.59. The van der Waals surface area contributed by atoms with E-state index in [-0.39, 0.29) is 11.3 Å². The predicted molar refractivity (Wildman–Crippen MR) is 69.3 cm³/mol. The normalized spacial score (nSPS) is 33.1. The molecule has 0 spiro atoms. The second kappa shape index (κ2) is 5.36. The second-order valence-electron chi connectivity index (χ2n) is 4.98. The number of sulfonamides is 1. The zero-order valence-electron chi connectivity index (χ0n) is 9.49. The van der Waals surface area contributed by atoms with Crippen molar-refractivity contribution in [3.63, 3.8) is 0 Å². The number of hydrogen-bond donors (Lipinski definition) is 1. The largest absolute Gasteiger partial charge is 0.214 e. The number of halogens is 1. The molecule has 0 amide bonds. The van der Waals surface area contributed by atoms with Crippen molar-refractivity contribution in [3.8, 4) is 0 Å². The summed E-state index contributed by atoms with van der Waals surface area (Å²) in [5.74, 6) is 0. The third-order valence-electron chi connectivity index (χ3n) is 3.74. The van der Waals surface area contributed by atoms with Crippen LogP contribution >= 0.6 is 15.9 Å². The molecular weight excluding hydrogens is 290 g/mol. The van der Waals surface area contributed by atoms with Crippen molar-refractivity contribution >= 4 is 26.0 Å². The molecule has 5 heteroatoms. The standard InChI is InChI=1S/C11H20BrNO2S/c12-10-7-3-4-8-11(10)13-16(14,15)9-5-1-2-6-9/h9-11,13H,1-8H2. The molecule has 2 atom stereocenters. The zero-order valence-corrected chi connectivity index (χ0v) is 11.9. The van der Waals surface area contributed by atoms with Gasteiger partial charge in [-0.3, -0.25) is 0 Å². The molecule has 0 aromatic rings. The SMILES string of the molecule is O=S(=O)(NC1CCCCC1Br)C1CCCC1. The van der Waals surface area contributed by atoms with Crippen LogP contribution in [0.2, 0.25) is 0 Å². The van der Waals surface area contributed by atoms with Gasteiger partial charge in [0.15, 0.2) is 0 Å². The van der Waals surface area contributed by atoms with E-state index in [0.29, 0.717) is 4.83 Å². The lowest BCUT2D eigenvalue weighted by atomic mass is 9.96. The van der Waals surface area contributed by atoms with Crippen LogP contribution < -0.4 is 4.72 Å². The molecule has 0 aliphatic heterocycles. The van der Waals surface area contributed by atoms with Gasteiger partial charge in [0, 0.05) is 10.9 Å². The van der Waals surface area contributed by atoms with Gasteiger partial charge in [0.2, 0.25) is 10.0 Å². The lowest BCUT2D eigenvalue weighted by Gasteiger charge is -2.29. The Hall–Kier alpha value is 0.390. The van der Waals surface area contributed by atoms with E-state index in [9.17, 15) is 8.42 Å². The van der Waals surface area contributed by atoms with Crippen LogP contribution in [0.25, 0.3) is 0 Å². The molecule has 0 aromatic heterocycles. The molecule has 0 saturated heterocycles. The molecule has 2 unspecified atom stereocenters. The first-order chi connectivity index (χ1) is 7.59. The van der Waals surface area contributed by atoms with Crippen LogP contribution in [-0.4, -0.2) is 24.5 Å². The van der Waals surface area contributed by atoms with E-state index in [4.69, 9.17) is 0 Å². The fraction of sp³-hybridized carbons (Fsp3) is 1.00. The minimum absolute atomic E-state index is 0.111. The van der Waals surface area contributed by atoms with Crippen LogP contribution in [0, 0.1) is 0 Å². The van der Waals surface area contributed by atoms with Gasteiger partial charge in [-0.2, -0.15) is 0 Å². The van der Waals surface area contributed by atoms with Gasteiger partial charge in [-0.1, -0.05) is 41.6 Å². The van der Waals surface area contributed by atoms with Gasteiger partial charge in [0.25, 0.3) is 0 Å². The molecular formula is C11H20BrNO2S. The summed E-state index contributed by atoms with van der Waals surface area (Å²) in [6.45, 7) is 0. The molecule has 16 heavy (non-hydrogen) atoms. The molecule has 0 radical (unpaired) electrons. The summed E-state index contributed by atoms with van der Waals surface area (Å²) in [5, 5.41) is -0.130. The van der Waals surface area contributed by atoms with Gasteiger partial charge in [0.1, 0.15) is 0 Å². The lowest BCUT2D eigenvalue weighted by molar-refractivity contribution is 0.425. The number of alkyl halides is 1. The smallest absolute Gasteiger partial charge is 0.212 e. The maximum atomic E-state index is 12.1. The third kappa shape index (κ3) is 2.99. The third-order valence-corrected chi connectivity index (χ3v) is 6.81. The molecule has 2 aliphatic rings. The Kier molecular flexibility index (Phi) is 4.30. The van der Waals surface area contributed by atoms with Crippen LogP contribution in [0.4, 0.5) is 0 Å². The van der Waals surface area contributed by atoms with E-state index in [2.05, 4.69) is 20.7 Å². The topological polar surface area (TPSA) is 46.2 Å². The first kappa shape index (κ1) is 12.8. The Morgan fingerprint density at radius 1 is 0.938 bits per heavy atom. The van der Waals surface area contributed by atoms with E-state index in [1.807, 2.05) is 0 Å². The van der Waals surface area contributed by atoms with E-state index in [0.717, 1.165) is 44.9 Å². The average molecular weight is 310 g/mol. The number of nitrogens with one attached hydrogen (secondary N) is 1. The highest BCUT2D eigenvalue weighted by Crippen LogP contribution is 2.28. The fourth-order valence-corrected chi connectivity index (χ4v) is 5.47. The Balaban J connectivity index is 1.96. The molecule has 0 bridgehead atoms. The maximum Gasteiger partial charge on any atom is 0.214 e. The van der Waals surface area contributed by atoms with Crippen LogP contribution in [0.1, 0.15) is 51.4 Å². The fourth-order valence-electron chi connectivity index (χ4n) is 2.72. The molecule has 0 aromatic carbocycles. The Labute approximate surface area is 107 Å². The van der Waals surface area contributed by atoms with Crippen molar-refractivity contribution in [2.24, 2.45) is 0 Å². The molecule has 2 saturated carbocycles. The number of rotatable bonds is 3. The molecule has 0 heterocycles. The quantitative estimate of drug-likeness (QED) is 0.814. The predicted octanol–water partition coefficient (Wildman–Crippen LogP) is 2.55. The van der Waals surface area contributed by atoms with Crippen molar-refractivity contribution in [3.05, 3.63) is 0 Å². The molecule has 2 fully saturated rings. The van der Waals surface area contributed by atoms with Crippen molar-refractivity contribution in [1.82, 2.24) is 4.72 Å². The summed E-state index contributed by atoms with van der Waals surface area (Å²) in [6, 6.07) is 0.111. The minimum Gasteiger partial charge on any atom is -0.212 e. The molecule has 2 aliphatic carbocycles. The summed E-state index contributed by atoms with van der Waals surface area (Å²) in [6.07, 6.45) is 8.21. The van der Waals surface area contributed by atoms with Crippen LogP contribution in [0.3, 0.4) is 0 Å². The van der Waals surface area contributed by atoms with Crippen LogP contribution in [-0.2, 0) is 10.0 Å². The highest BCUT2D eigenvalue weighted by molar-refractivity contribution is 9.09. The van der Waals surface area contributed by atoms with Crippen LogP contribution in [0.5, 0.6) is 0 Å². The van der Waals surface area contributed by atoms with Crippen LogP contribution in [0.15, 0.2) is 0 Å². The van der Waals surface area contributed by atoms with E-state index in [1.54, 1.807) is 0 Å². The zero-order chi connectivity index (χ0) is 11.6. The monoisotopic (exact) mass is 309 g/mol. The molecule has 94 valence electrons. The minimum atomic E-state index is -3.07. The summed E-state index contributed by atoms with van der Waals surface area (Å²) in [5.41, 5.74) is 0. The molecule has 3 nitrogen and oxygen atoms in total. The molecule has 1 N–H and O–H groups in total. The van der Waals surface area contributed by atoms with E-state index < -0.39 is 10.0 Å².